The summed E-state index contributed by atoms with van der Waals surface area (Å²) >= 11 is 0. The van der Waals surface area contributed by atoms with Crippen LogP contribution in [0.2, 0.25) is 0 Å². The minimum atomic E-state index is 0.0404. The Balaban J connectivity index is 2.14. The summed E-state index contributed by atoms with van der Waals surface area (Å²) in [6, 6.07) is 7.74. The van der Waals surface area contributed by atoms with E-state index < -0.39 is 0 Å². The molecule has 0 bridgehead atoms. The molecule has 2 atom stereocenters. The van der Waals surface area contributed by atoms with Crippen molar-refractivity contribution in [1.82, 2.24) is 0 Å². The van der Waals surface area contributed by atoms with Gasteiger partial charge in [0.25, 0.3) is 0 Å². The van der Waals surface area contributed by atoms with Crippen molar-refractivity contribution in [2.45, 2.75) is 31.7 Å². The molecule has 1 saturated carbocycles. The first-order chi connectivity index (χ1) is 9.13. The van der Waals surface area contributed by atoms with Gasteiger partial charge in [0.2, 0.25) is 5.91 Å². The number of para-hydroxylation sites is 2. The van der Waals surface area contributed by atoms with E-state index in [0.29, 0.717) is 0 Å². The van der Waals surface area contributed by atoms with Crippen LogP contribution in [-0.2, 0) is 4.79 Å². The minimum Gasteiger partial charge on any atom is -0.495 e. The molecule has 104 valence electrons. The van der Waals surface area contributed by atoms with Gasteiger partial charge >= 0.3 is 0 Å². The molecule has 1 aromatic rings. The molecule has 0 saturated heterocycles. The second kappa shape index (κ2) is 6.06. The summed E-state index contributed by atoms with van der Waals surface area (Å²) in [4.78, 5) is 14.2. The van der Waals surface area contributed by atoms with Crippen molar-refractivity contribution in [2.75, 3.05) is 19.1 Å². The maximum Gasteiger partial charge on any atom is 0.229 e. The van der Waals surface area contributed by atoms with Gasteiger partial charge < -0.3 is 15.4 Å². The number of carbonyl (C=O) groups is 1. The molecule has 0 heterocycles. The number of nitrogens with two attached hydrogens (primary N) is 1. The van der Waals surface area contributed by atoms with E-state index in [2.05, 4.69) is 0 Å². The first kappa shape index (κ1) is 13.9. The summed E-state index contributed by atoms with van der Waals surface area (Å²) < 4.78 is 5.31. The third-order valence-corrected chi connectivity index (χ3v) is 3.84. The fourth-order valence-corrected chi connectivity index (χ4v) is 2.75. The highest BCUT2D eigenvalue weighted by molar-refractivity contribution is 5.96. The molecule has 2 unspecified atom stereocenters. The zero-order chi connectivity index (χ0) is 13.8. The fourth-order valence-electron chi connectivity index (χ4n) is 2.75. The molecule has 1 fully saturated rings. The predicted molar refractivity (Wildman–Crippen MR) is 76.3 cm³/mol. The largest absolute Gasteiger partial charge is 0.495 e. The third-order valence-electron chi connectivity index (χ3n) is 3.84. The van der Waals surface area contributed by atoms with Crippen LogP contribution >= 0.6 is 0 Å². The number of hydrogen-bond acceptors (Lipinski definition) is 3. The van der Waals surface area contributed by atoms with Crippen LogP contribution in [-0.4, -0.2) is 26.1 Å². The van der Waals surface area contributed by atoms with Crippen LogP contribution in [0.4, 0.5) is 5.69 Å². The maximum absolute atomic E-state index is 12.5. The van der Waals surface area contributed by atoms with Crippen LogP contribution < -0.4 is 15.4 Å². The second-order valence-corrected chi connectivity index (χ2v) is 5.19. The quantitative estimate of drug-likeness (QED) is 0.908. The molecule has 4 nitrogen and oxygen atoms in total. The van der Waals surface area contributed by atoms with Crippen LogP contribution in [0.3, 0.4) is 0 Å². The van der Waals surface area contributed by atoms with Crippen LogP contribution in [0.25, 0.3) is 0 Å². The Morgan fingerprint density at radius 1 is 1.37 bits per heavy atom. The normalized spacial score (nSPS) is 22.9. The molecule has 4 heteroatoms. The van der Waals surface area contributed by atoms with Crippen molar-refractivity contribution in [3.8, 4) is 5.75 Å². The molecule has 0 aromatic heterocycles. The van der Waals surface area contributed by atoms with E-state index in [0.717, 1.165) is 37.1 Å². The summed E-state index contributed by atoms with van der Waals surface area (Å²) in [5.41, 5.74) is 6.78. The molecule has 0 radical (unpaired) electrons. The molecule has 1 amide bonds. The minimum absolute atomic E-state index is 0.0404. The number of hydrogen-bond donors (Lipinski definition) is 1. The van der Waals surface area contributed by atoms with E-state index in [1.807, 2.05) is 24.3 Å². The van der Waals surface area contributed by atoms with E-state index in [1.54, 1.807) is 19.1 Å². The summed E-state index contributed by atoms with van der Waals surface area (Å²) in [6.45, 7) is 0. The number of ether oxygens (including phenoxy) is 1. The van der Waals surface area contributed by atoms with Crippen molar-refractivity contribution in [1.29, 1.82) is 0 Å². The Morgan fingerprint density at radius 2 is 2.11 bits per heavy atom. The SMILES string of the molecule is COc1ccccc1N(C)C(=O)C1CCCC(N)C1. The van der Waals surface area contributed by atoms with Gasteiger partial charge in [-0.3, -0.25) is 4.79 Å². The van der Waals surface area contributed by atoms with Crippen LogP contribution in [0.5, 0.6) is 5.75 Å². The number of rotatable bonds is 3. The highest BCUT2D eigenvalue weighted by Gasteiger charge is 2.28. The van der Waals surface area contributed by atoms with Crippen molar-refractivity contribution in [3.05, 3.63) is 24.3 Å². The topological polar surface area (TPSA) is 55.6 Å². The Kier molecular flexibility index (Phi) is 4.43. The average Bonchev–Trinajstić information content (AvgIpc) is 2.45. The number of methoxy groups -OCH3 is 1. The van der Waals surface area contributed by atoms with Gasteiger partial charge in [-0.1, -0.05) is 18.6 Å². The van der Waals surface area contributed by atoms with Crippen molar-refractivity contribution < 1.29 is 9.53 Å². The molecule has 2 rings (SSSR count). The van der Waals surface area contributed by atoms with Crippen LogP contribution in [0.15, 0.2) is 24.3 Å². The van der Waals surface area contributed by atoms with Gasteiger partial charge in [-0.25, -0.2) is 0 Å². The highest BCUT2D eigenvalue weighted by atomic mass is 16.5. The monoisotopic (exact) mass is 262 g/mol. The van der Waals surface area contributed by atoms with Gasteiger partial charge in [-0.15, -0.1) is 0 Å². The molecule has 19 heavy (non-hydrogen) atoms. The molecule has 1 aliphatic carbocycles. The number of carbonyl (C=O) groups excluding carboxylic acids is 1. The van der Waals surface area contributed by atoms with Gasteiger partial charge in [0.05, 0.1) is 12.8 Å². The van der Waals surface area contributed by atoms with Crippen molar-refractivity contribution in [3.63, 3.8) is 0 Å². The van der Waals surface area contributed by atoms with E-state index in [9.17, 15) is 4.79 Å². The van der Waals surface area contributed by atoms with Crippen LogP contribution in [0.1, 0.15) is 25.7 Å². The standard InChI is InChI=1S/C15H22N2O2/c1-17(13-8-3-4-9-14(13)19-2)15(18)11-6-5-7-12(16)10-11/h3-4,8-9,11-12H,5-7,10,16H2,1-2H3. The summed E-state index contributed by atoms with van der Waals surface area (Å²) in [6.07, 6.45) is 3.80. The predicted octanol–water partition coefficient (Wildman–Crippen LogP) is 2.18. The first-order valence-corrected chi connectivity index (χ1v) is 6.79. The van der Waals surface area contributed by atoms with E-state index in [-0.39, 0.29) is 17.9 Å². The number of anilines is 1. The lowest BCUT2D eigenvalue weighted by Crippen LogP contribution is -2.39. The van der Waals surface area contributed by atoms with Gasteiger partial charge in [0, 0.05) is 19.0 Å². The molecule has 1 aliphatic rings. The first-order valence-electron chi connectivity index (χ1n) is 6.79. The summed E-state index contributed by atoms with van der Waals surface area (Å²) in [5.74, 6) is 0.900. The lowest BCUT2D eigenvalue weighted by Gasteiger charge is -2.30. The van der Waals surface area contributed by atoms with Crippen molar-refractivity contribution >= 4 is 11.6 Å². The molecule has 2 N–H and O–H groups in total. The molecule has 1 aromatic carbocycles. The fraction of sp³-hybridized carbons (Fsp3) is 0.533. The summed E-state index contributed by atoms with van der Waals surface area (Å²) in [5, 5.41) is 0. The van der Waals surface area contributed by atoms with Gasteiger partial charge in [0.1, 0.15) is 5.75 Å². The molecule has 0 aliphatic heterocycles. The highest BCUT2D eigenvalue weighted by Crippen LogP contribution is 2.31. The van der Waals surface area contributed by atoms with Gasteiger partial charge in [-0.2, -0.15) is 0 Å². The third kappa shape index (κ3) is 3.07. The zero-order valence-electron chi connectivity index (χ0n) is 11.6. The smallest absolute Gasteiger partial charge is 0.229 e. The Bertz CT molecular complexity index is 448. The lowest BCUT2D eigenvalue weighted by atomic mass is 9.85. The Hall–Kier alpha value is -1.55. The average molecular weight is 262 g/mol. The number of amides is 1. The van der Waals surface area contributed by atoms with Crippen LogP contribution in [0, 0.1) is 5.92 Å². The lowest BCUT2D eigenvalue weighted by molar-refractivity contribution is -0.123. The zero-order valence-corrected chi connectivity index (χ0v) is 11.6. The Morgan fingerprint density at radius 3 is 2.79 bits per heavy atom. The van der Waals surface area contributed by atoms with Crippen molar-refractivity contribution in [2.24, 2.45) is 11.7 Å². The van der Waals surface area contributed by atoms with Gasteiger partial charge in [-0.05, 0) is 31.4 Å². The van der Waals surface area contributed by atoms with Gasteiger partial charge in [0.15, 0.2) is 0 Å². The molecule has 0 spiro atoms. The van der Waals surface area contributed by atoms with E-state index in [1.165, 1.54) is 0 Å². The maximum atomic E-state index is 12.5. The Labute approximate surface area is 114 Å². The van der Waals surface area contributed by atoms with E-state index in [4.69, 9.17) is 10.5 Å². The van der Waals surface area contributed by atoms with E-state index >= 15 is 0 Å². The number of benzene rings is 1. The summed E-state index contributed by atoms with van der Waals surface area (Å²) in [7, 11) is 3.42. The second-order valence-electron chi connectivity index (χ2n) is 5.19. The number of nitrogens with zero attached hydrogens (tertiary/aromatic N) is 1. The molecular formula is C15H22N2O2. The molecular weight excluding hydrogens is 240 g/mol.